The molecule has 4 rings (SSSR count). The summed E-state index contributed by atoms with van der Waals surface area (Å²) >= 11 is 0. The van der Waals surface area contributed by atoms with Crippen LogP contribution in [0.25, 0.3) is 0 Å². The lowest BCUT2D eigenvalue weighted by Crippen LogP contribution is -2.48. The van der Waals surface area contributed by atoms with Crippen molar-refractivity contribution < 1.29 is 9.59 Å². The van der Waals surface area contributed by atoms with Gasteiger partial charge in [0.1, 0.15) is 0 Å². The molecule has 1 aliphatic heterocycles. The number of nitrogens with zero attached hydrogens (tertiary/aromatic N) is 1. The van der Waals surface area contributed by atoms with Crippen LogP contribution in [0.3, 0.4) is 0 Å². The van der Waals surface area contributed by atoms with E-state index in [1.165, 1.54) is 24.0 Å². The van der Waals surface area contributed by atoms with Gasteiger partial charge in [-0.05, 0) is 43.2 Å². The Morgan fingerprint density at radius 1 is 1.03 bits per heavy atom. The second-order valence-electron chi connectivity index (χ2n) is 8.69. The molecule has 0 aromatic heterocycles. The van der Waals surface area contributed by atoms with E-state index in [-0.39, 0.29) is 23.7 Å². The zero-order valence-electron chi connectivity index (χ0n) is 17.1. The highest BCUT2D eigenvalue weighted by molar-refractivity contribution is 5.82. The Bertz CT molecular complexity index is 860. The fourth-order valence-corrected chi connectivity index (χ4v) is 4.25. The molecule has 4 heteroatoms. The zero-order valence-corrected chi connectivity index (χ0v) is 17.1. The number of hydrogen-bond donors (Lipinski definition) is 1. The first kappa shape index (κ1) is 19.7. The van der Waals surface area contributed by atoms with E-state index in [1.54, 1.807) is 0 Å². The fraction of sp³-hybridized carbons (Fsp3) is 0.440. The first-order chi connectivity index (χ1) is 14.1. The summed E-state index contributed by atoms with van der Waals surface area (Å²) < 4.78 is 0. The predicted molar refractivity (Wildman–Crippen MR) is 114 cm³/mol. The molecule has 1 N–H and O–H groups in total. The monoisotopic (exact) mass is 390 g/mol. The summed E-state index contributed by atoms with van der Waals surface area (Å²) in [6.45, 7) is 4.07. The van der Waals surface area contributed by atoms with Gasteiger partial charge in [0, 0.05) is 25.6 Å². The maximum absolute atomic E-state index is 13.0. The average molecular weight is 391 g/mol. The van der Waals surface area contributed by atoms with Crippen molar-refractivity contribution in [1.29, 1.82) is 0 Å². The number of amides is 2. The van der Waals surface area contributed by atoms with Crippen LogP contribution in [0.15, 0.2) is 54.6 Å². The van der Waals surface area contributed by atoms with Crippen LogP contribution in [0.2, 0.25) is 0 Å². The van der Waals surface area contributed by atoms with Gasteiger partial charge in [0.05, 0.1) is 12.3 Å². The number of carbonyl (C=O) groups excluding carboxylic acids is 2. The highest BCUT2D eigenvalue weighted by atomic mass is 16.2. The quantitative estimate of drug-likeness (QED) is 0.818. The summed E-state index contributed by atoms with van der Waals surface area (Å²) in [7, 11) is 0. The molecule has 0 spiro atoms. The third kappa shape index (κ3) is 5.26. The topological polar surface area (TPSA) is 49.4 Å². The highest BCUT2D eigenvalue weighted by Crippen LogP contribution is 2.32. The Hall–Kier alpha value is -2.62. The van der Waals surface area contributed by atoms with Gasteiger partial charge in [-0.2, -0.15) is 0 Å². The number of aryl methyl sites for hydroxylation is 1. The third-order valence-corrected chi connectivity index (χ3v) is 6.15. The van der Waals surface area contributed by atoms with Gasteiger partial charge in [0.2, 0.25) is 11.8 Å². The minimum absolute atomic E-state index is 0.103. The van der Waals surface area contributed by atoms with Crippen molar-refractivity contribution in [3.63, 3.8) is 0 Å². The van der Waals surface area contributed by atoms with Gasteiger partial charge in [-0.15, -0.1) is 0 Å². The number of piperidine rings is 1. The largest absolute Gasteiger partial charge is 0.356 e. The van der Waals surface area contributed by atoms with E-state index in [4.69, 9.17) is 0 Å². The van der Waals surface area contributed by atoms with Crippen molar-refractivity contribution in [1.82, 2.24) is 10.2 Å². The van der Waals surface area contributed by atoms with E-state index < -0.39 is 0 Å². The highest BCUT2D eigenvalue weighted by Gasteiger charge is 2.35. The molecular weight excluding hydrogens is 360 g/mol. The zero-order chi connectivity index (χ0) is 20.2. The summed E-state index contributed by atoms with van der Waals surface area (Å²) in [4.78, 5) is 27.8. The summed E-state index contributed by atoms with van der Waals surface area (Å²) in [6, 6.07) is 18.3. The van der Waals surface area contributed by atoms with Gasteiger partial charge in [-0.3, -0.25) is 9.59 Å². The molecule has 1 aliphatic carbocycles. The van der Waals surface area contributed by atoms with E-state index in [9.17, 15) is 9.59 Å². The van der Waals surface area contributed by atoms with Crippen LogP contribution in [-0.2, 0) is 16.0 Å². The molecule has 152 valence electrons. The lowest BCUT2D eigenvalue weighted by Gasteiger charge is -2.37. The predicted octanol–water partition coefficient (Wildman–Crippen LogP) is 3.70. The lowest BCUT2D eigenvalue weighted by molar-refractivity contribution is -0.135. The van der Waals surface area contributed by atoms with Gasteiger partial charge < -0.3 is 10.2 Å². The smallest absolute Gasteiger partial charge is 0.227 e. The maximum Gasteiger partial charge on any atom is 0.227 e. The Morgan fingerprint density at radius 2 is 1.83 bits per heavy atom. The second kappa shape index (κ2) is 8.81. The molecule has 1 saturated heterocycles. The van der Waals surface area contributed by atoms with Crippen LogP contribution in [0.1, 0.15) is 41.9 Å². The first-order valence-electron chi connectivity index (χ1n) is 10.7. The molecule has 0 radical (unpaired) electrons. The van der Waals surface area contributed by atoms with Crippen LogP contribution < -0.4 is 5.32 Å². The molecule has 4 nitrogen and oxygen atoms in total. The fourth-order valence-electron chi connectivity index (χ4n) is 4.25. The lowest BCUT2D eigenvalue weighted by atomic mass is 9.83. The Morgan fingerprint density at radius 3 is 2.55 bits per heavy atom. The normalized spacial score (nSPS) is 21.6. The number of carbonyl (C=O) groups is 2. The minimum Gasteiger partial charge on any atom is -0.356 e. The Labute approximate surface area is 173 Å². The third-order valence-electron chi connectivity index (χ3n) is 6.15. The number of rotatable bonds is 6. The van der Waals surface area contributed by atoms with E-state index in [2.05, 4.69) is 36.5 Å². The molecule has 2 aromatic carbocycles. The van der Waals surface area contributed by atoms with Crippen LogP contribution in [0.4, 0.5) is 0 Å². The molecule has 0 bridgehead atoms. The van der Waals surface area contributed by atoms with Crippen LogP contribution >= 0.6 is 0 Å². The molecule has 1 saturated carbocycles. The molecule has 1 heterocycles. The van der Waals surface area contributed by atoms with Crippen molar-refractivity contribution in [3.8, 4) is 0 Å². The maximum atomic E-state index is 13.0. The average Bonchev–Trinajstić information content (AvgIpc) is 3.57. The molecule has 2 fully saturated rings. The van der Waals surface area contributed by atoms with E-state index in [0.717, 1.165) is 18.5 Å². The molecule has 29 heavy (non-hydrogen) atoms. The van der Waals surface area contributed by atoms with Gasteiger partial charge in [0.25, 0.3) is 0 Å². The molecule has 2 atom stereocenters. The minimum atomic E-state index is -0.146. The number of benzene rings is 2. The molecule has 2 aliphatic rings. The molecule has 2 aromatic rings. The van der Waals surface area contributed by atoms with E-state index in [0.29, 0.717) is 25.4 Å². The second-order valence-corrected chi connectivity index (χ2v) is 8.69. The van der Waals surface area contributed by atoms with Crippen molar-refractivity contribution in [2.24, 2.45) is 11.8 Å². The van der Waals surface area contributed by atoms with E-state index >= 15 is 0 Å². The summed E-state index contributed by atoms with van der Waals surface area (Å²) in [5, 5.41) is 3.13. The van der Waals surface area contributed by atoms with Crippen molar-refractivity contribution in [2.45, 2.75) is 38.5 Å². The molecular formula is C25H30N2O2. The summed E-state index contributed by atoms with van der Waals surface area (Å²) in [6.07, 6.45) is 3.63. The van der Waals surface area contributed by atoms with Crippen molar-refractivity contribution >= 4 is 11.8 Å². The Balaban J connectivity index is 1.49. The molecule has 2 amide bonds. The Kier molecular flexibility index (Phi) is 5.98. The summed E-state index contributed by atoms with van der Waals surface area (Å²) in [5.41, 5.74) is 3.46. The van der Waals surface area contributed by atoms with Gasteiger partial charge >= 0.3 is 0 Å². The van der Waals surface area contributed by atoms with Gasteiger partial charge in [0.15, 0.2) is 0 Å². The number of hydrogen-bond acceptors (Lipinski definition) is 2. The van der Waals surface area contributed by atoms with Crippen molar-refractivity contribution in [2.75, 3.05) is 19.6 Å². The van der Waals surface area contributed by atoms with Crippen LogP contribution in [-0.4, -0.2) is 36.3 Å². The van der Waals surface area contributed by atoms with Gasteiger partial charge in [-0.25, -0.2) is 0 Å². The SMILES string of the molecule is Cc1cccc(C2CC(C(=O)NCC3CC3)CN(C(=O)Cc3ccccc3)C2)c1. The number of nitrogens with one attached hydrogen (secondary N) is 1. The van der Waals surface area contributed by atoms with E-state index in [1.807, 2.05) is 35.2 Å². The van der Waals surface area contributed by atoms with Gasteiger partial charge in [-0.1, -0.05) is 60.2 Å². The first-order valence-corrected chi connectivity index (χ1v) is 10.7. The van der Waals surface area contributed by atoms with Crippen molar-refractivity contribution in [3.05, 3.63) is 71.3 Å². The molecule has 2 unspecified atom stereocenters. The van der Waals surface area contributed by atoms with Crippen LogP contribution in [0, 0.1) is 18.8 Å². The summed E-state index contributed by atoms with van der Waals surface area (Å²) in [5.74, 6) is 0.916. The van der Waals surface area contributed by atoms with Crippen LogP contribution in [0.5, 0.6) is 0 Å². The number of likely N-dealkylation sites (tertiary alicyclic amines) is 1. The standard InChI is InChI=1S/C25H30N2O2/c1-18-6-5-9-21(12-18)22-14-23(25(29)26-15-20-10-11-20)17-27(16-22)24(28)13-19-7-3-2-4-8-19/h2-9,12,20,22-23H,10-11,13-17H2,1H3,(H,26,29).